The van der Waals surface area contributed by atoms with Gasteiger partial charge < -0.3 is 9.84 Å². The van der Waals surface area contributed by atoms with Gasteiger partial charge in [0, 0.05) is 18.1 Å². The first-order chi connectivity index (χ1) is 7.70. The van der Waals surface area contributed by atoms with Gasteiger partial charge in [-0.1, -0.05) is 0 Å². The predicted molar refractivity (Wildman–Crippen MR) is 63.4 cm³/mol. The van der Waals surface area contributed by atoms with Gasteiger partial charge in [-0.25, -0.2) is 4.39 Å². The van der Waals surface area contributed by atoms with Gasteiger partial charge in [0.2, 0.25) is 0 Å². The predicted octanol–water partition coefficient (Wildman–Crippen LogP) is 2.76. The summed E-state index contributed by atoms with van der Waals surface area (Å²) >= 11 is 1.75. The molecule has 1 aromatic rings. The number of halogens is 1. The fourth-order valence-corrected chi connectivity index (χ4v) is 2.41. The van der Waals surface area contributed by atoms with Gasteiger partial charge in [0.1, 0.15) is 17.7 Å². The number of aliphatic hydroxyl groups is 1. The van der Waals surface area contributed by atoms with Crippen molar-refractivity contribution in [1.82, 2.24) is 0 Å². The molecule has 0 aromatic heterocycles. The molecule has 1 N–H and O–H groups in total. The van der Waals surface area contributed by atoms with Crippen molar-refractivity contribution in [2.24, 2.45) is 0 Å². The van der Waals surface area contributed by atoms with E-state index in [-0.39, 0.29) is 11.9 Å². The zero-order valence-electron chi connectivity index (χ0n) is 9.15. The number of hydrogen-bond donors (Lipinski definition) is 1. The third kappa shape index (κ3) is 2.50. The van der Waals surface area contributed by atoms with E-state index in [1.165, 1.54) is 12.1 Å². The Kier molecular flexibility index (Phi) is 3.71. The number of aliphatic hydroxyl groups excluding tert-OH is 1. The van der Waals surface area contributed by atoms with Gasteiger partial charge in [0.25, 0.3) is 0 Å². The summed E-state index contributed by atoms with van der Waals surface area (Å²) in [5.41, 5.74) is 0.696. The smallest absolute Gasteiger partial charge is 0.128 e. The summed E-state index contributed by atoms with van der Waals surface area (Å²) in [6.07, 6.45) is 2.98. The molecule has 2 nitrogen and oxygen atoms in total. The minimum absolute atomic E-state index is 0.00301. The Bertz CT molecular complexity index is 370. The van der Waals surface area contributed by atoms with E-state index < -0.39 is 6.10 Å². The number of ether oxygens (including phenoxy) is 1. The fraction of sp³-hybridized carbons (Fsp3) is 0.500. The maximum atomic E-state index is 13.0. The monoisotopic (exact) mass is 242 g/mol. The summed E-state index contributed by atoms with van der Waals surface area (Å²) < 4.78 is 18.7. The van der Waals surface area contributed by atoms with Crippen molar-refractivity contribution >= 4 is 11.8 Å². The van der Waals surface area contributed by atoms with E-state index in [0.717, 1.165) is 12.2 Å². The molecule has 0 fully saturated rings. The zero-order valence-corrected chi connectivity index (χ0v) is 9.97. The highest BCUT2D eigenvalue weighted by Crippen LogP contribution is 2.36. The quantitative estimate of drug-likeness (QED) is 0.883. The molecule has 0 aliphatic carbocycles. The minimum atomic E-state index is -0.531. The Morgan fingerprint density at radius 2 is 2.38 bits per heavy atom. The van der Waals surface area contributed by atoms with Crippen LogP contribution < -0.4 is 4.74 Å². The van der Waals surface area contributed by atoms with Gasteiger partial charge in [0.05, 0.1) is 6.10 Å². The molecule has 0 saturated carbocycles. The number of hydrogen-bond acceptors (Lipinski definition) is 3. The first-order valence-corrected chi connectivity index (χ1v) is 6.73. The van der Waals surface area contributed by atoms with E-state index in [4.69, 9.17) is 4.74 Å². The largest absolute Gasteiger partial charge is 0.490 e. The van der Waals surface area contributed by atoms with Crippen molar-refractivity contribution in [1.29, 1.82) is 0 Å². The second kappa shape index (κ2) is 5.06. The Labute approximate surface area is 98.8 Å². The summed E-state index contributed by atoms with van der Waals surface area (Å²) in [5, 5.41) is 9.91. The highest BCUT2D eigenvalue weighted by atomic mass is 32.2. The molecule has 0 radical (unpaired) electrons. The minimum Gasteiger partial charge on any atom is -0.490 e. The van der Waals surface area contributed by atoms with Crippen molar-refractivity contribution in [3.8, 4) is 5.75 Å². The van der Waals surface area contributed by atoms with Gasteiger partial charge in [-0.2, -0.15) is 11.8 Å². The van der Waals surface area contributed by atoms with E-state index >= 15 is 0 Å². The normalized spacial score (nSPS) is 23.7. The molecule has 1 aromatic carbocycles. The standard InChI is InChI=1S/C12H15FO2S/c1-16-5-4-9-7-11(14)10-3-2-8(13)6-12(10)15-9/h2-3,6,9,11,14H,4-5,7H2,1H3/t9?,11-/m0/s1. The van der Waals surface area contributed by atoms with Gasteiger partial charge in [0.15, 0.2) is 0 Å². The highest BCUT2D eigenvalue weighted by molar-refractivity contribution is 7.98. The zero-order chi connectivity index (χ0) is 11.5. The van der Waals surface area contributed by atoms with Gasteiger partial charge in [-0.3, -0.25) is 0 Å². The molecule has 1 aliphatic rings. The molecular weight excluding hydrogens is 227 g/mol. The van der Waals surface area contributed by atoms with E-state index in [1.54, 1.807) is 17.8 Å². The molecule has 1 aliphatic heterocycles. The average molecular weight is 242 g/mol. The van der Waals surface area contributed by atoms with E-state index in [1.807, 2.05) is 6.26 Å². The first-order valence-electron chi connectivity index (χ1n) is 5.34. The van der Waals surface area contributed by atoms with Crippen LogP contribution in [0.15, 0.2) is 18.2 Å². The summed E-state index contributed by atoms with van der Waals surface area (Å²) in [6.45, 7) is 0. The van der Waals surface area contributed by atoms with Crippen LogP contribution in [0.2, 0.25) is 0 Å². The molecule has 0 bridgehead atoms. The average Bonchev–Trinajstić information content (AvgIpc) is 2.25. The lowest BCUT2D eigenvalue weighted by Crippen LogP contribution is -2.26. The van der Waals surface area contributed by atoms with Crippen LogP contribution in [0.3, 0.4) is 0 Å². The van der Waals surface area contributed by atoms with E-state index in [9.17, 15) is 9.50 Å². The molecular formula is C12H15FO2S. The van der Waals surface area contributed by atoms with Gasteiger partial charge in [-0.15, -0.1) is 0 Å². The maximum Gasteiger partial charge on any atom is 0.128 e. The topological polar surface area (TPSA) is 29.5 Å². The van der Waals surface area contributed by atoms with Crippen LogP contribution in [0.4, 0.5) is 4.39 Å². The van der Waals surface area contributed by atoms with Crippen molar-refractivity contribution in [3.05, 3.63) is 29.6 Å². The lowest BCUT2D eigenvalue weighted by Gasteiger charge is -2.29. The number of thioether (sulfide) groups is 1. The Balaban J connectivity index is 2.14. The number of benzene rings is 1. The molecule has 1 unspecified atom stereocenters. The molecule has 0 amide bonds. The van der Waals surface area contributed by atoms with Crippen molar-refractivity contribution < 1.29 is 14.2 Å². The SMILES string of the molecule is CSCCC1C[C@H](O)c2ccc(F)cc2O1. The number of rotatable bonds is 3. The number of fused-ring (bicyclic) bond motifs is 1. The molecule has 0 spiro atoms. The summed E-state index contributed by atoms with van der Waals surface area (Å²) in [6, 6.07) is 4.30. The van der Waals surface area contributed by atoms with Gasteiger partial charge >= 0.3 is 0 Å². The third-order valence-electron chi connectivity index (χ3n) is 2.76. The maximum absolute atomic E-state index is 13.0. The Morgan fingerprint density at radius 3 is 3.12 bits per heavy atom. The second-order valence-electron chi connectivity index (χ2n) is 3.95. The summed E-state index contributed by atoms with van der Waals surface area (Å²) in [5.74, 6) is 1.16. The highest BCUT2D eigenvalue weighted by Gasteiger charge is 2.26. The molecule has 16 heavy (non-hydrogen) atoms. The Morgan fingerprint density at radius 1 is 1.56 bits per heavy atom. The van der Waals surface area contributed by atoms with Crippen LogP contribution in [-0.2, 0) is 0 Å². The van der Waals surface area contributed by atoms with Crippen molar-refractivity contribution in [2.45, 2.75) is 25.0 Å². The van der Waals surface area contributed by atoms with Crippen LogP contribution in [0.1, 0.15) is 24.5 Å². The van der Waals surface area contributed by atoms with Crippen LogP contribution >= 0.6 is 11.8 Å². The molecule has 2 atom stereocenters. The molecule has 2 rings (SSSR count). The molecule has 88 valence electrons. The summed E-state index contributed by atoms with van der Waals surface area (Å²) in [4.78, 5) is 0. The molecule has 1 heterocycles. The fourth-order valence-electron chi connectivity index (χ4n) is 1.92. The van der Waals surface area contributed by atoms with Gasteiger partial charge in [-0.05, 0) is 30.6 Å². The van der Waals surface area contributed by atoms with Crippen LogP contribution in [0.25, 0.3) is 0 Å². The van der Waals surface area contributed by atoms with Crippen LogP contribution in [0.5, 0.6) is 5.75 Å². The van der Waals surface area contributed by atoms with Crippen molar-refractivity contribution in [3.63, 3.8) is 0 Å². The molecule has 0 saturated heterocycles. The van der Waals surface area contributed by atoms with Crippen molar-refractivity contribution in [2.75, 3.05) is 12.0 Å². The third-order valence-corrected chi connectivity index (χ3v) is 3.40. The first kappa shape index (κ1) is 11.7. The Hall–Kier alpha value is -0.740. The van der Waals surface area contributed by atoms with Crippen LogP contribution in [0, 0.1) is 5.82 Å². The second-order valence-corrected chi connectivity index (χ2v) is 4.94. The van der Waals surface area contributed by atoms with Crippen LogP contribution in [-0.4, -0.2) is 23.2 Å². The lowest BCUT2D eigenvalue weighted by molar-refractivity contribution is 0.0645. The molecule has 4 heteroatoms. The lowest BCUT2D eigenvalue weighted by atomic mass is 9.98. The van der Waals surface area contributed by atoms with E-state index in [0.29, 0.717) is 17.7 Å². The summed E-state index contributed by atoms with van der Waals surface area (Å²) in [7, 11) is 0. The van der Waals surface area contributed by atoms with E-state index in [2.05, 4.69) is 0 Å².